The van der Waals surface area contributed by atoms with Crippen molar-refractivity contribution in [2.75, 3.05) is 5.73 Å². The third kappa shape index (κ3) is 2.76. The van der Waals surface area contributed by atoms with Gasteiger partial charge in [-0.25, -0.2) is 0 Å². The molecule has 0 radical (unpaired) electrons. The molecule has 0 aliphatic heterocycles. The zero-order valence-corrected chi connectivity index (χ0v) is 9.51. The highest BCUT2D eigenvalue weighted by atomic mass is 14.5. The summed E-state index contributed by atoms with van der Waals surface area (Å²) in [6.45, 7) is 6.68. The molecule has 0 heterocycles. The highest BCUT2D eigenvalue weighted by Crippen LogP contribution is 2.23. The van der Waals surface area contributed by atoms with E-state index in [0.29, 0.717) is 5.92 Å². The van der Waals surface area contributed by atoms with Crippen molar-refractivity contribution in [1.82, 2.24) is 0 Å². The Hall–Kier alpha value is -0.980. The number of hydrogen-bond acceptors (Lipinski definition) is 1. The fourth-order valence-corrected chi connectivity index (χ4v) is 1.75. The van der Waals surface area contributed by atoms with E-state index < -0.39 is 0 Å². The molecule has 2 N–H and O–H groups in total. The van der Waals surface area contributed by atoms with Crippen LogP contribution in [0, 0.1) is 0 Å². The predicted molar refractivity (Wildman–Crippen MR) is 63.6 cm³/mol. The van der Waals surface area contributed by atoms with Crippen molar-refractivity contribution in [2.45, 2.75) is 46.0 Å². The number of hydrogen-bond donors (Lipinski definition) is 1. The normalized spacial score (nSPS) is 10.9. The first kappa shape index (κ1) is 11.1. The summed E-state index contributed by atoms with van der Waals surface area (Å²) in [4.78, 5) is 0. The van der Waals surface area contributed by atoms with E-state index >= 15 is 0 Å². The van der Waals surface area contributed by atoms with E-state index in [-0.39, 0.29) is 0 Å². The van der Waals surface area contributed by atoms with Gasteiger partial charge in [-0.05, 0) is 42.0 Å². The number of anilines is 1. The fraction of sp³-hybridized carbons (Fsp3) is 0.538. The van der Waals surface area contributed by atoms with Crippen LogP contribution in [0.4, 0.5) is 5.69 Å². The van der Waals surface area contributed by atoms with E-state index in [9.17, 15) is 0 Å². The van der Waals surface area contributed by atoms with Crippen LogP contribution in [0.15, 0.2) is 18.2 Å². The molecular formula is C13H21N. The number of rotatable bonds is 4. The average Bonchev–Trinajstić information content (AvgIpc) is 2.15. The maximum absolute atomic E-state index is 5.79. The van der Waals surface area contributed by atoms with Crippen LogP contribution in [0.3, 0.4) is 0 Å². The van der Waals surface area contributed by atoms with Gasteiger partial charge in [-0.2, -0.15) is 0 Å². The largest absolute Gasteiger partial charge is 0.399 e. The van der Waals surface area contributed by atoms with Gasteiger partial charge < -0.3 is 5.73 Å². The van der Waals surface area contributed by atoms with Crippen LogP contribution in [-0.2, 0) is 6.42 Å². The smallest absolute Gasteiger partial charge is 0.0317 e. The second kappa shape index (κ2) is 5.04. The molecule has 1 aromatic carbocycles. The van der Waals surface area contributed by atoms with Gasteiger partial charge in [0.1, 0.15) is 0 Å². The summed E-state index contributed by atoms with van der Waals surface area (Å²) in [5.41, 5.74) is 9.56. The molecule has 0 aliphatic rings. The summed E-state index contributed by atoms with van der Waals surface area (Å²) in [5, 5.41) is 0. The Kier molecular flexibility index (Phi) is 3.99. The quantitative estimate of drug-likeness (QED) is 0.721. The minimum Gasteiger partial charge on any atom is -0.399 e. The maximum Gasteiger partial charge on any atom is 0.0317 e. The summed E-state index contributed by atoms with van der Waals surface area (Å²) in [6.07, 6.45) is 3.70. The second-order valence-corrected chi connectivity index (χ2v) is 4.22. The van der Waals surface area contributed by atoms with E-state index in [4.69, 9.17) is 5.73 Å². The summed E-state index contributed by atoms with van der Waals surface area (Å²) < 4.78 is 0. The van der Waals surface area contributed by atoms with E-state index in [1.54, 1.807) is 0 Å². The highest BCUT2D eigenvalue weighted by molar-refractivity contribution is 5.46. The molecule has 0 aromatic heterocycles. The Morgan fingerprint density at radius 3 is 2.57 bits per heavy atom. The topological polar surface area (TPSA) is 26.0 Å². The number of aryl methyl sites for hydroxylation is 1. The van der Waals surface area contributed by atoms with Gasteiger partial charge in [-0.15, -0.1) is 0 Å². The van der Waals surface area contributed by atoms with E-state index in [2.05, 4.69) is 32.9 Å². The number of benzene rings is 1. The molecule has 1 rings (SSSR count). The maximum atomic E-state index is 5.79. The lowest BCUT2D eigenvalue weighted by molar-refractivity contribution is 0.768. The van der Waals surface area contributed by atoms with Gasteiger partial charge >= 0.3 is 0 Å². The summed E-state index contributed by atoms with van der Waals surface area (Å²) >= 11 is 0. The number of nitrogen functional groups attached to an aromatic ring is 1. The SMILES string of the molecule is CCCCc1ccc(N)cc1C(C)C. The molecule has 1 heteroatoms. The number of nitrogens with two attached hydrogens (primary N) is 1. The van der Waals surface area contributed by atoms with E-state index in [1.165, 1.54) is 30.4 Å². The van der Waals surface area contributed by atoms with Crippen LogP contribution in [0.2, 0.25) is 0 Å². The first-order chi connectivity index (χ1) is 6.65. The molecular weight excluding hydrogens is 170 g/mol. The predicted octanol–water partition coefficient (Wildman–Crippen LogP) is 3.73. The third-order valence-electron chi connectivity index (χ3n) is 2.59. The fourth-order valence-electron chi connectivity index (χ4n) is 1.75. The van der Waals surface area contributed by atoms with Gasteiger partial charge in [0, 0.05) is 5.69 Å². The molecule has 1 aromatic rings. The lowest BCUT2D eigenvalue weighted by Gasteiger charge is -2.13. The zero-order chi connectivity index (χ0) is 10.6. The molecule has 0 spiro atoms. The first-order valence-electron chi connectivity index (χ1n) is 5.53. The molecule has 0 fully saturated rings. The average molecular weight is 191 g/mol. The van der Waals surface area contributed by atoms with Crippen LogP contribution in [0.5, 0.6) is 0 Å². The van der Waals surface area contributed by atoms with Crippen molar-refractivity contribution in [2.24, 2.45) is 0 Å². The molecule has 0 aliphatic carbocycles. The van der Waals surface area contributed by atoms with Crippen molar-refractivity contribution >= 4 is 5.69 Å². The molecule has 0 bridgehead atoms. The molecule has 78 valence electrons. The van der Waals surface area contributed by atoms with Crippen LogP contribution in [-0.4, -0.2) is 0 Å². The van der Waals surface area contributed by atoms with Gasteiger partial charge in [0.15, 0.2) is 0 Å². The summed E-state index contributed by atoms with van der Waals surface area (Å²) in [7, 11) is 0. The van der Waals surface area contributed by atoms with Crippen molar-refractivity contribution in [1.29, 1.82) is 0 Å². The Balaban J connectivity index is 2.90. The van der Waals surface area contributed by atoms with Crippen molar-refractivity contribution in [3.8, 4) is 0 Å². The van der Waals surface area contributed by atoms with Crippen molar-refractivity contribution in [3.63, 3.8) is 0 Å². The van der Waals surface area contributed by atoms with Crippen molar-refractivity contribution in [3.05, 3.63) is 29.3 Å². The second-order valence-electron chi connectivity index (χ2n) is 4.22. The molecule has 0 unspecified atom stereocenters. The summed E-state index contributed by atoms with van der Waals surface area (Å²) in [6, 6.07) is 6.31. The van der Waals surface area contributed by atoms with E-state index in [0.717, 1.165) is 5.69 Å². The van der Waals surface area contributed by atoms with Crippen LogP contribution >= 0.6 is 0 Å². The Labute approximate surface area is 87.3 Å². The third-order valence-corrected chi connectivity index (χ3v) is 2.59. The van der Waals surface area contributed by atoms with Crippen LogP contribution in [0.1, 0.15) is 50.7 Å². The molecule has 1 nitrogen and oxygen atoms in total. The lowest BCUT2D eigenvalue weighted by atomic mass is 9.93. The minimum absolute atomic E-state index is 0.574. The first-order valence-corrected chi connectivity index (χ1v) is 5.53. The summed E-state index contributed by atoms with van der Waals surface area (Å²) in [5.74, 6) is 0.574. The van der Waals surface area contributed by atoms with Crippen LogP contribution in [0.25, 0.3) is 0 Å². The molecule has 0 saturated heterocycles. The van der Waals surface area contributed by atoms with Gasteiger partial charge in [0.25, 0.3) is 0 Å². The van der Waals surface area contributed by atoms with Gasteiger partial charge in [0.2, 0.25) is 0 Å². The van der Waals surface area contributed by atoms with Gasteiger partial charge in [-0.3, -0.25) is 0 Å². The Bertz CT molecular complexity index is 289. The Morgan fingerprint density at radius 1 is 1.29 bits per heavy atom. The zero-order valence-electron chi connectivity index (χ0n) is 9.51. The highest BCUT2D eigenvalue weighted by Gasteiger charge is 2.06. The molecule has 0 saturated carbocycles. The molecule has 14 heavy (non-hydrogen) atoms. The molecule has 0 atom stereocenters. The Morgan fingerprint density at radius 2 is 2.00 bits per heavy atom. The van der Waals surface area contributed by atoms with Gasteiger partial charge in [0.05, 0.1) is 0 Å². The standard InChI is InChI=1S/C13H21N/c1-4-5-6-11-7-8-12(14)9-13(11)10(2)3/h7-10H,4-6,14H2,1-3H3. The van der Waals surface area contributed by atoms with Crippen molar-refractivity contribution < 1.29 is 0 Å². The monoisotopic (exact) mass is 191 g/mol. The minimum atomic E-state index is 0.574. The number of unbranched alkanes of at least 4 members (excludes halogenated alkanes) is 1. The lowest BCUT2D eigenvalue weighted by Crippen LogP contribution is -1.98. The molecule has 0 amide bonds. The van der Waals surface area contributed by atoms with Crippen LogP contribution < -0.4 is 5.73 Å². The van der Waals surface area contributed by atoms with Gasteiger partial charge in [-0.1, -0.05) is 33.3 Å². The van der Waals surface area contributed by atoms with E-state index in [1.807, 2.05) is 6.07 Å².